The van der Waals surface area contributed by atoms with Crippen LogP contribution >= 0.6 is 0 Å². The second-order valence-electron chi connectivity index (χ2n) is 5.68. The van der Waals surface area contributed by atoms with Gasteiger partial charge in [-0.1, -0.05) is 121 Å². The first-order valence-electron chi connectivity index (χ1n) is 8.96. The van der Waals surface area contributed by atoms with Crippen LogP contribution in [0.2, 0.25) is 0 Å². The van der Waals surface area contributed by atoms with Gasteiger partial charge in [0.05, 0.1) is 0 Å². The minimum atomic E-state index is 0. The molecule has 0 heteroatoms. The zero-order chi connectivity index (χ0) is 17.2. The van der Waals surface area contributed by atoms with Gasteiger partial charge in [-0.25, -0.2) is 0 Å². The van der Waals surface area contributed by atoms with Crippen LogP contribution in [-0.4, -0.2) is 0 Å². The molecule has 1 aliphatic rings. The molecule has 0 amide bonds. The van der Waals surface area contributed by atoms with Crippen molar-refractivity contribution in [2.75, 3.05) is 0 Å². The lowest BCUT2D eigenvalue weighted by atomic mass is 10.0. The second kappa shape index (κ2) is 60.1. The molecule has 0 spiro atoms. The van der Waals surface area contributed by atoms with E-state index >= 15 is 0 Å². The highest BCUT2D eigenvalue weighted by Gasteiger charge is 1.95. The summed E-state index contributed by atoms with van der Waals surface area (Å²) in [5, 5.41) is 0. The van der Waals surface area contributed by atoms with E-state index in [0.29, 0.717) is 0 Å². The van der Waals surface area contributed by atoms with Crippen molar-refractivity contribution in [3.63, 3.8) is 0 Å². The molecule has 0 aromatic carbocycles. The van der Waals surface area contributed by atoms with Crippen LogP contribution in [0.4, 0.5) is 0 Å². The standard InChI is InChI=1S/C4H8.C4H10.3C3H8.C3H6.CH4/c1-2-4-3-1;1-4(2)3;4*1-3-2;/h1-4H2;4H,1-3H3;3*3H2,1-2H3;3H,1H2,2H3;1H4. The summed E-state index contributed by atoms with van der Waals surface area (Å²) in [6.45, 7) is 24.5. The van der Waals surface area contributed by atoms with E-state index in [0.717, 1.165) is 5.92 Å². The Bertz CT molecular complexity index is 76.7. The van der Waals surface area contributed by atoms with Gasteiger partial charge < -0.3 is 0 Å². The quantitative estimate of drug-likeness (QED) is 0.391. The van der Waals surface area contributed by atoms with E-state index in [9.17, 15) is 0 Å². The highest BCUT2D eigenvalue weighted by molar-refractivity contribution is 4.51. The molecule has 0 saturated heterocycles. The Morgan fingerprint density at radius 3 is 0.762 bits per heavy atom. The summed E-state index contributed by atoms with van der Waals surface area (Å²) in [5.74, 6) is 0.833. The average molecular weight is 305 g/mol. The molecule has 0 aromatic rings. The number of hydrogen-bond acceptors (Lipinski definition) is 0. The molecule has 0 unspecified atom stereocenters. The van der Waals surface area contributed by atoms with Gasteiger partial charge in [0.15, 0.2) is 0 Å². The zero-order valence-electron chi connectivity index (χ0n) is 16.8. The smallest absolute Gasteiger partial charge is 0.0473 e. The maximum Gasteiger partial charge on any atom is -0.0473 e. The van der Waals surface area contributed by atoms with Gasteiger partial charge in [0.1, 0.15) is 0 Å². The van der Waals surface area contributed by atoms with Crippen molar-refractivity contribution in [2.24, 2.45) is 5.92 Å². The second-order valence-corrected chi connectivity index (χ2v) is 5.68. The first-order chi connectivity index (χ1) is 9.39. The summed E-state index contributed by atoms with van der Waals surface area (Å²) < 4.78 is 0. The lowest BCUT2D eigenvalue weighted by Gasteiger charge is -2.05. The molecular formula is C21H52. The first-order valence-corrected chi connectivity index (χ1v) is 8.96. The third kappa shape index (κ3) is 444. The highest BCUT2D eigenvalue weighted by Crippen LogP contribution is 2.15. The predicted octanol–water partition coefficient (Wildman–Crippen LogP) is 9.30. The van der Waals surface area contributed by atoms with E-state index in [-0.39, 0.29) is 7.43 Å². The zero-order valence-corrected chi connectivity index (χ0v) is 16.8. The van der Waals surface area contributed by atoms with E-state index in [1.54, 1.807) is 6.08 Å². The predicted molar refractivity (Wildman–Crippen MR) is 109 cm³/mol. The molecule has 0 aliphatic heterocycles. The summed E-state index contributed by atoms with van der Waals surface area (Å²) >= 11 is 0. The topological polar surface area (TPSA) is 0 Å². The summed E-state index contributed by atoms with van der Waals surface area (Å²) in [6, 6.07) is 0. The molecule has 0 aromatic heterocycles. The van der Waals surface area contributed by atoms with Crippen molar-refractivity contribution < 1.29 is 0 Å². The van der Waals surface area contributed by atoms with Crippen LogP contribution in [0.5, 0.6) is 0 Å². The van der Waals surface area contributed by atoms with Gasteiger partial charge in [0, 0.05) is 0 Å². The minimum absolute atomic E-state index is 0. The summed E-state index contributed by atoms with van der Waals surface area (Å²) in [5.41, 5.74) is 0. The third-order valence-corrected chi connectivity index (χ3v) is 1.000. The Kier molecular flexibility index (Phi) is 106. The van der Waals surface area contributed by atoms with Gasteiger partial charge in [-0.15, -0.1) is 6.58 Å². The Labute approximate surface area is 140 Å². The van der Waals surface area contributed by atoms with Gasteiger partial charge >= 0.3 is 0 Å². The van der Waals surface area contributed by atoms with Crippen molar-refractivity contribution >= 4 is 0 Å². The molecule has 1 aliphatic carbocycles. The SMILES string of the molecule is C.C1CCC1.C=CC.CC(C)C.CCC.CCC.CCC. The van der Waals surface area contributed by atoms with Crippen molar-refractivity contribution in [2.45, 2.75) is 122 Å². The molecular weight excluding hydrogens is 252 g/mol. The summed E-state index contributed by atoms with van der Waals surface area (Å²) in [4.78, 5) is 0. The molecule has 0 N–H and O–H groups in total. The van der Waals surface area contributed by atoms with E-state index in [4.69, 9.17) is 0 Å². The number of hydrogen-bond donors (Lipinski definition) is 0. The van der Waals surface area contributed by atoms with E-state index in [1.165, 1.54) is 44.9 Å². The van der Waals surface area contributed by atoms with Crippen LogP contribution in [0.15, 0.2) is 12.7 Å². The van der Waals surface area contributed by atoms with Crippen LogP contribution in [0.3, 0.4) is 0 Å². The van der Waals surface area contributed by atoms with Crippen LogP contribution in [0.25, 0.3) is 0 Å². The third-order valence-electron chi connectivity index (χ3n) is 1.000. The number of allylic oxidation sites excluding steroid dienone is 1. The summed E-state index contributed by atoms with van der Waals surface area (Å²) in [6.07, 6.45) is 11.5. The van der Waals surface area contributed by atoms with Gasteiger partial charge in [0.25, 0.3) is 0 Å². The fourth-order valence-corrected chi connectivity index (χ4v) is 0.250. The fraction of sp³-hybridized carbons (Fsp3) is 0.905. The first kappa shape index (κ1) is 37.2. The molecule has 1 rings (SSSR count). The minimum Gasteiger partial charge on any atom is -0.103 e. The van der Waals surface area contributed by atoms with E-state index in [2.05, 4.69) is 68.9 Å². The van der Waals surface area contributed by atoms with Gasteiger partial charge in [0.2, 0.25) is 0 Å². The Hall–Kier alpha value is -0.260. The molecule has 0 radical (unpaired) electrons. The largest absolute Gasteiger partial charge is 0.103 e. The lowest BCUT2D eigenvalue weighted by Crippen LogP contribution is -1.85. The number of rotatable bonds is 0. The molecule has 0 bridgehead atoms. The summed E-state index contributed by atoms with van der Waals surface area (Å²) in [7, 11) is 0. The Balaban J connectivity index is -0.0000000321. The molecule has 0 nitrogen and oxygen atoms in total. The van der Waals surface area contributed by atoms with Crippen molar-refractivity contribution in [1.82, 2.24) is 0 Å². The average Bonchev–Trinajstić information content (AvgIpc) is 2.17. The van der Waals surface area contributed by atoms with Crippen molar-refractivity contribution in [1.29, 1.82) is 0 Å². The molecule has 0 heterocycles. The normalized spacial score (nSPS) is 9.48. The van der Waals surface area contributed by atoms with Gasteiger partial charge in [-0.3, -0.25) is 0 Å². The van der Waals surface area contributed by atoms with Crippen LogP contribution in [-0.2, 0) is 0 Å². The van der Waals surface area contributed by atoms with Crippen LogP contribution in [0.1, 0.15) is 122 Å². The maximum absolute atomic E-state index is 3.36. The molecule has 1 fully saturated rings. The fourth-order valence-electron chi connectivity index (χ4n) is 0.250. The van der Waals surface area contributed by atoms with Gasteiger partial charge in [-0.05, 0) is 12.8 Å². The van der Waals surface area contributed by atoms with Gasteiger partial charge in [-0.2, -0.15) is 0 Å². The van der Waals surface area contributed by atoms with Crippen molar-refractivity contribution in [3.8, 4) is 0 Å². The Morgan fingerprint density at radius 2 is 0.762 bits per heavy atom. The van der Waals surface area contributed by atoms with Crippen LogP contribution in [0, 0.1) is 5.92 Å². The Morgan fingerprint density at radius 1 is 0.714 bits per heavy atom. The van der Waals surface area contributed by atoms with E-state index in [1.807, 2.05) is 6.92 Å². The molecule has 21 heavy (non-hydrogen) atoms. The van der Waals surface area contributed by atoms with Crippen LogP contribution < -0.4 is 0 Å². The lowest BCUT2D eigenvalue weighted by molar-refractivity contribution is 0.504. The maximum atomic E-state index is 3.36. The van der Waals surface area contributed by atoms with Crippen molar-refractivity contribution in [3.05, 3.63) is 12.7 Å². The molecule has 1 saturated carbocycles. The highest BCUT2D eigenvalue weighted by atomic mass is 14.0. The molecule has 136 valence electrons. The molecule has 0 atom stereocenters. The van der Waals surface area contributed by atoms with E-state index < -0.39 is 0 Å². The monoisotopic (exact) mass is 304 g/mol.